The number of aryl methyl sites for hydroxylation is 2. The number of benzene rings is 3. The van der Waals surface area contributed by atoms with Gasteiger partial charge in [0.05, 0.1) is 0 Å². The fourth-order valence-corrected chi connectivity index (χ4v) is 5.18. The molecule has 1 aliphatic rings. The highest BCUT2D eigenvalue weighted by Crippen LogP contribution is 2.38. The Bertz CT molecular complexity index is 1200. The van der Waals surface area contributed by atoms with Crippen molar-refractivity contribution in [1.82, 2.24) is 0 Å². The predicted molar refractivity (Wildman–Crippen MR) is 140 cm³/mol. The topological polar surface area (TPSA) is 0 Å². The van der Waals surface area contributed by atoms with Gasteiger partial charge in [-0.25, -0.2) is 17.6 Å². The van der Waals surface area contributed by atoms with Gasteiger partial charge < -0.3 is 0 Å². The Morgan fingerprint density at radius 3 is 2.14 bits per heavy atom. The zero-order valence-electron chi connectivity index (χ0n) is 21.1. The summed E-state index contributed by atoms with van der Waals surface area (Å²) in [6.45, 7) is 4.08. The maximum Gasteiger partial charge on any atom is 0.167 e. The highest BCUT2D eigenvalue weighted by molar-refractivity contribution is 5.67. The summed E-state index contributed by atoms with van der Waals surface area (Å²) < 4.78 is 58.9. The summed E-state index contributed by atoms with van der Waals surface area (Å²) in [6.07, 6.45) is 9.87. The zero-order chi connectivity index (χ0) is 25.7. The van der Waals surface area contributed by atoms with Crippen molar-refractivity contribution in [3.05, 3.63) is 100 Å². The van der Waals surface area contributed by atoms with Gasteiger partial charge in [-0.1, -0.05) is 81.0 Å². The van der Waals surface area contributed by atoms with Crippen molar-refractivity contribution in [2.45, 2.75) is 71.1 Å². The van der Waals surface area contributed by atoms with Gasteiger partial charge in [-0.2, -0.15) is 0 Å². The van der Waals surface area contributed by atoms with E-state index in [9.17, 15) is 17.6 Å². The fraction of sp³-hybridized carbons (Fsp3) is 0.375. The van der Waals surface area contributed by atoms with Crippen LogP contribution in [0.5, 0.6) is 0 Å². The van der Waals surface area contributed by atoms with Gasteiger partial charge in [-0.05, 0) is 79.0 Å². The summed E-state index contributed by atoms with van der Waals surface area (Å²) in [5, 5.41) is 0. The number of unbranched alkanes of at least 4 members (excludes halogenated alkanes) is 1. The smallest absolute Gasteiger partial charge is 0.167 e. The van der Waals surface area contributed by atoms with Gasteiger partial charge in [0.25, 0.3) is 0 Å². The number of allylic oxidation sites excluding steroid dienone is 1. The van der Waals surface area contributed by atoms with E-state index in [2.05, 4.69) is 0 Å². The summed E-state index contributed by atoms with van der Waals surface area (Å²) in [4.78, 5) is 0. The van der Waals surface area contributed by atoms with Crippen molar-refractivity contribution >= 4 is 6.08 Å². The monoisotopic (exact) mass is 494 g/mol. The molecule has 1 saturated carbocycles. The molecule has 0 heterocycles. The molecule has 4 rings (SSSR count). The first kappa shape index (κ1) is 26.2. The molecular weight excluding hydrogens is 460 g/mol. The molecule has 0 bridgehead atoms. The third kappa shape index (κ3) is 5.74. The quantitative estimate of drug-likeness (QED) is 0.273. The molecule has 0 spiro atoms. The molecule has 36 heavy (non-hydrogen) atoms. The third-order valence-corrected chi connectivity index (χ3v) is 7.54. The molecule has 0 nitrogen and oxygen atoms in total. The minimum atomic E-state index is -0.849. The molecule has 0 amide bonds. The lowest BCUT2D eigenvalue weighted by atomic mass is 9.78. The normalized spacial score (nSPS) is 18.2. The van der Waals surface area contributed by atoms with E-state index in [1.807, 2.05) is 44.2 Å². The molecule has 0 saturated heterocycles. The standard InChI is InChI=1S/C32H34F4/c1-3-5-6-25-17-19-27(31(35)29(25)33)24-14-9-22(10-15-24)11-16-26-18-20-28(32(36)30(26)34)23-12-7-21(4-2)8-13-23/h7-8,11-13,16-20,22,24H,3-6,9-10,14-15H2,1-2H3/b16-11+. The van der Waals surface area contributed by atoms with E-state index in [4.69, 9.17) is 0 Å². The Labute approximate surface area is 212 Å². The molecule has 3 aromatic carbocycles. The molecule has 0 N–H and O–H groups in total. The first-order valence-corrected chi connectivity index (χ1v) is 13.1. The lowest BCUT2D eigenvalue weighted by Gasteiger charge is -2.27. The number of hydrogen-bond donors (Lipinski definition) is 0. The average Bonchev–Trinajstić information content (AvgIpc) is 2.91. The van der Waals surface area contributed by atoms with Crippen molar-refractivity contribution in [1.29, 1.82) is 0 Å². The van der Waals surface area contributed by atoms with E-state index in [0.29, 0.717) is 23.1 Å². The summed E-state index contributed by atoms with van der Waals surface area (Å²) in [5.74, 6) is -2.92. The van der Waals surface area contributed by atoms with Crippen LogP contribution in [-0.2, 0) is 12.8 Å². The molecule has 1 aliphatic carbocycles. The van der Waals surface area contributed by atoms with E-state index >= 15 is 0 Å². The van der Waals surface area contributed by atoms with Crippen LogP contribution in [0.25, 0.3) is 17.2 Å². The van der Waals surface area contributed by atoms with Crippen molar-refractivity contribution in [3.63, 3.8) is 0 Å². The van der Waals surface area contributed by atoms with Gasteiger partial charge in [-0.3, -0.25) is 0 Å². The lowest BCUT2D eigenvalue weighted by Crippen LogP contribution is -2.14. The van der Waals surface area contributed by atoms with E-state index < -0.39 is 23.3 Å². The summed E-state index contributed by atoms with van der Waals surface area (Å²) in [6, 6.07) is 14.2. The third-order valence-electron chi connectivity index (χ3n) is 7.54. The first-order valence-electron chi connectivity index (χ1n) is 13.1. The minimum absolute atomic E-state index is 0.0167. The number of halogens is 4. The fourth-order valence-electron chi connectivity index (χ4n) is 5.18. The molecule has 0 atom stereocenters. The maximum absolute atomic E-state index is 14.8. The van der Waals surface area contributed by atoms with Crippen LogP contribution in [0.4, 0.5) is 17.6 Å². The summed E-state index contributed by atoms with van der Waals surface area (Å²) in [7, 11) is 0. The molecule has 0 radical (unpaired) electrons. The highest BCUT2D eigenvalue weighted by atomic mass is 19.2. The SMILES string of the molecule is CCCCc1ccc(C2CCC(/C=C/c3ccc(-c4ccc(CC)cc4)c(F)c3F)CC2)c(F)c1F. The van der Waals surface area contributed by atoms with Crippen LogP contribution in [0.2, 0.25) is 0 Å². The average molecular weight is 495 g/mol. The largest absolute Gasteiger partial charge is 0.203 e. The number of rotatable bonds is 8. The van der Waals surface area contributed by atoms with Crippen LogP contribution in [0.3, 0.4) is 0 Å². The highest BCUT2D eigenvalue weighted by Gasteiger charge is 2.25. The van der Waals surface area contributed by atoms with Crippen LogP contribution in [-0.4, -0.2) is 0 Å². The van der Waals surface area contributed by atoms with Crippen molar-refractivity contribution < 1.29 is 17.6 Å². The molecular formula is C32H34F4. The molecule has 3 aromatic rings. The summed E-state index contributed by atoms with van der Waals surface area (Å²) >= 11 is 0. The second-order valence-corrected chi connectivity index (χ2v) is 9.90. The van der Waals surface area contributed by atoms with Gasteiger partial charge in [0.2, 0.25) is 0 Å². The molecule has 1 fully saturated rings. The maximum atomic E-state index is 14.8. The second kappa shape index (κ2) is 11.9. The van der Waals surface area contributed by atoms with Crippen molar-refractivity contribution in [2.75, 3.05) is 0 Å². The predicted octanol–water partition coefficient (Wildman–Crippen LogP) is 9.80. The Morgan fingerprint density at radius 2 is 1.47 bits per heavy atom. The second-order valence-electron chi connectivity index (χ2n) is 9.90. The van der Waals surface area contributed by atoms with Crippen molar-refractivity contribution in [3.8, 4) is 11.1 Å². The van der Waals surface area contributed by atoms with Crippen LogP contribution < -0.4 is 0 Å². The molecule has 4 heteroatoms. The van der Waals surface area contributed by atoms with Gasteiger partial charge in [0, 0.05) is 11.1 Å². The number of hydrogen-bond acceptors (Lipinski definition) is 0. The van der Waals surface area contributed by atoms with Crippen molar-refractivity contribution in [2.24, 2.45) is 5.92 Å². The molecule has 0 unspecified atom stereocenters. The molecule has 0 aliphatic heterocycles. The van der Waals surface area contributed by atoms with Crippen LogP contribution >= 0.6 is 0 Å². The Balaban J connectivity index is 1.40. The van der Waals surface area contributed by atoms with Crippen LogP contribution in [0.15, 0.2) is 54.6 Å². The zero-order valence-corrected chi connectivity index (χ0v) is 21.1. The van der Waals surface area contributed by atoms with E-state index in [0.717, 1.165) is 50.5 Å². The Morgan fingerprint density at radius 1 is 0.750 bits per heavy atom. The van der Waals surface area contributed by atoms with Gasteiger partial charge in [0.15, 0.2) is 23.3 Å². The van der Waals surface area contributed by atoms with Gasteiger partial charge in [0.1, 0.15) is 0 Å². The van der Waals surface area contributed by atoms with E-state index in [1.165, 1.54) is 0 Å². The minimum Gasteiger partial charge on any atom is -0.203 e. The van der Waals surface area contributed by atoms with E-state index in [1.54, 1.807) is 30.3 Å². The van der Waals surface area contributed by atoms with Crippen LogP contribution in [0.1, 0.15) is 80.5 Å². The summed E-state index contributed by atoms with van der Waals surface area (Å²) in [5.41, 5.74) is 3.19. The molecule has 190 valence electrons. The Kier molecular flexibility index (Phi) is 8.66. The first-order chi connectivity index (χ1) is 17.4. The Hall–Kier alpha value is -2.88. The van der Waals surface area contributed by atoms with Gasteiger partial charge >= 0.3 is 0 Å². The van der Waals surface area contributed by atoms with Gasteiger partial charge in [-0.15, -0.1) is 0 Å². The van der Waals surface area contributed by atoms with Crippen LogP contribution in [0, 0.1) is 29.2 Å². The lowest BCUT2D eigenvalue weighted by molar-refractivity contribution is 0.364. The van der Waals surface area contributed by atoms with E-state index in [-0.39, 0.29) is 23.0 Å². The molecule has 0 aromatic heterocycles.